The van der Waals surface area contributed by atoms with Crippen molar-refractivity contribution in [2.24, 2.45) is 22.7 Å². The number of rotatable bonds is 3. The minimum Gasteiger partial charge on any atom is -0.392 e. The smallest absolute Gasteiger partial charge is 0.0637 e. The lowest BCUT2D eigenvalue weighted by molar-refractivity contribution is -0.152. The molecule has 5 rings (SSSR count). The van der Waals surface area contributed by atoms with Crippen LogP contribution in [0.4, 0.5) is 0 Å². The molecule has 0 radical (unpaired) electrons. The first-order valence-corrected chi connectivity index (χ1v) is 9.19. The van der Waals surface area contributed by atoms with Gasteiger partial charge in [-0.3, -0.25) is 0 Å². The van der Waals surface area contributed by atoms with E-state index < -0.39 is 0 Å². The second-order valence-corrected chi connectivity index (χ2v) is 9.30. The standard InChI is InChI=1S/C19H25BrO/c1-18-8-13-6-14(9-18)11-19(10-13,12-18)17(21)7-15-4-2-3-5-16(15)20/h2-5,13-14,17,21H,6-12H2,1H3. The molecule has 4 aliphatic carbocycles. The number of benzene rings is 1. The van der Waals surface area contributed by atoms with Gasteiger partial charge in [-0.1, -0.05) is 41.1 Å². The van der Waals surface area contributed by atoms with Crippen molar-refractivity contribution in [3.63, 3.8) is 0 Å². The van der Waals surface area contributed by atoms with Crippen LogP contribution in [0, 0.1) is 22.7 Å². The fraction of sp³-hybridized carbons (Fsp3) is 0.684. The minimum absolute atomic E-state index is 0.179. The molecule has 1 aromatic rings. The van der Waals surface area contributed by atoms with Gasteiger partial charge in [-0.2, -0.15) is 0 Å². The quantitative estimate of drug-likeness (QED) is 0.818. The van der Waals surface area contributed by atoms with Crippen molar-refractivity contribution in [2.45, 2.75) is 58.0 Å². The average molecular weight is 349 g/mol. The highest BCUT2D eigenvalue weighted by Gasteiger charge is 2.58. The maximum Gasteiger partial charge on any atom is 0.0637 e. The number of halogens is 1. The maximum atomic E-state index is 11.1. The topological polar surface area (TPSA) is 20.2 Å². The molecule has 0 amide bonds. The minimum atomic E-state index is -0.179. The van der Waals surface area contributed by atoms with Crippen LogP contribution < -0.4 is 0 Å². The number of aliphatic hydroxyl groups is 1. The summed E-state index contributed by atoms with van der Waals surface area (Å²) in [6.45, 7) is 2.48. The van der Waals surface area contributed by atoms with E-state index in [1.54, 1.807) is 0 Å². The molecule has 0 heterocycles. The molecule has 21 heavy (non-hydrogen) atoms. The van der Waals surface area contributed by atoms with E-state index in [2.05, 4.69) is 41.1 Å². The van der Waals surface area contributed by atoms with Crippen LogP contribution in [0.15, 0.2) is 28.7 Å². The maximum absolute atomic E-state index is 11.1. The summed E-state index contributed by atoms with van der Waals surface area (Å²) < 4.78 is 1.14. The predicted octanol–water partition coefficient (Wildman–Crippen LogP) is 4.96. The van der Waals surface area contributed by atoms with Gasteiger partial charge in [-0.05, 0) is 79.2 Å². The van der Waals surface area contributed by atoms with Crippen LogP contribution in [0.2, 0.25) is 0 Å². The first-order chi connectivity index (χ1) is 9.98. The first-order valence-electron chi connectivity index (χ1n) is 8.40. The Hall–Kier alpha value is -0.340. The Morgan fingerprint density at radius 2 is 1.86 bits per heavy atom. The van der Waals surface area contributed by atoms with Crippen molar-refractivity contribution < 1.29 is 5.11 Å². The summed E-state index contributed by atoms with van der Waals surface area (Å²) >= 11 is 3.63. The highest BCUT2D eigenvalue weighted by atomic mass is 79.9. The van der Waals surface area contributed by atoms with Gasteiger partial charge in [0.15, 0.2) is 0 Å². The van der Waals surface area contributed by atoms with Crippen LogP contribution in [0.5, 0.6) is 0 Å². The van der Waals surface area contributed by atoms with Crippen molar-refractivity contribution in [1.29, 1.82) is 0 Å². The Balaban J connectivity index is 1.59. The summed E-state index contributed by atoms with van der Waals surface area (Å²) in [4.78, 5) is 0. The van der Waals surface area contributed by atoms with Crippen molar-refractivity contribution in [1.82, 2.24) is 0 Å². The molecule has 0 saturated heterocycles. The molecule has 1 nitrogen and oxygen atoms in total. The Kier molecular flexibility index (Phi) is 3.28. The van der Waals surface area contributed by atoms with Gasteiger partial charge in [-0.15, -0.1) is 0 Å². The van der Waals surface area contributed by atoms with E-state index in [0.29, 0.717) is 5.41 Å². The third-order valence-electron chi connectivity index (χ3n) is 6.48. The molecule has 1 aromatic carbocycles. The fourth-order valence-corrected chi connectivity index (χ4v) is 6.72. The van der Waals surface area contributed by atoms with Gasteiger partial charge in [0.05, 0.1) is 6.10 Å². The van der Waals surface area contributed by atoms with Crippen molar-refractivity contribution in [2.75, 3.05) is 0 Å². The van der Waals surface area contributed by atoms with Gasteiger partial charge in [0.2, 0.25) is 0 Å². The zero-order chi connectivity index (χ0) is 14.7. The molecule has 4 fully saturated rings. The first kappa shape index (κ1) is 14.3. The predicted molar refractivity (Wildman–Crippen MR) is 89.1 cm³/mol. The Labute approximate surface area is 136 Å². The van der Waals surface area contributed by atoms with Crippen molar-refractivity contribution in [3.05, 3.63) is 34.3 Å². The molecule has 3 unspecified atom stereocenters. The highest BCUT2D eigenvalue weighted by Crippen LogP contribution is 2.66. The second kappa shape index (κ2) is 4.83. The Morgan fingerprint density at radius 1 is 1.19 bits per heavy atom. The molecule has 1 N–H and O–H groups in total. The van der Waals surface area contributed by atoms with Crippen LogP contribution in [-0.4, -0.2) is 11.2 Å². The molecule has 114 valence electrons. The Bertz CT molecular complexity index is 538. The van der Waals surface area contributed by atoms with Crippen molar-refractivity contribution in [3.8, 4) is 0 Å². The molecule has 0 spiro atoms. The summed E-state index contributed by atoms with van der Waals surface area (Å²) in [5.74, 6) is 1.76. The summed E-state index contributed by atoms with van der Waals surface area (Å²) in [7, 11) is 0. The number of aliphatic hydroxyl groups excluding tert-OH is 1. The molecule has 2 heteroatoms. The summed E-state index contributed by atoms with van der Waals surface area (Å²) in [5.41, 5.74) is 1.97. The van der Waals surface area contributed by atoms with E-state index in [-0.39, 0.29) is 11.5 Å². The highest BCUT2D eigenvalue weighted by molar-refractivity contribution is 9.10. The molecule has 4 bridgehead atoms. The second-order valence-electron chi connectivity index (χ2n) is 8.45. The fourth-order valence-electron chi connectivity index (χ4n) is 6.28. The lowest BCUT2D eigenvalue weighted by Gasteiger charge is -2.62. The zero-order valence-electron chi connectivity index (χ0n) is 12.8. The molecule has 0 aliphatic heterocycles. The summed E-state index contributed by atoms with van der Waals surface area (Å²) in [6.07, 6.45) is 8.66. The lowest BCUT2D eigenvalue weighted by atomic mass is 9.43. The van der Waals surface area contributed by atoms with Gasteiger partial charge in [0.25, 0.3) is 0 Å². The van der Waals surface area contributed by atoms with Gasteiger partial charge < -0.3 is 5.11 Å². The van der Waals surface area contributed by atoms with Crippen molar-refractivity contribution >= 4 is 15.9 Å². The van der Waals surface area contributed by atoms with Crippen LogP contribution in [0.3, 0.4) is 0 Å². The van der Waals surface area contributed by atoms with Crippen LogP contribution >= 0.6 is 15.9 Å². The molecule has 4 aliphatic rings. The van der Waals surface area contributed by atoms with Gasteiger partial charge >= 0.3 is 0 Å². The zero-order valence-corrected chi connectivity index (χ0v) is 14.4. The van der Waals surface area contributed by atoms with E-state index >= 15 is 0 Å². The summed E-state index contributed by atoms with van der Waals surface area (Å²) in [5, 5.41) is 11.1. The van der Waals surface area contributed by atoms with E-state index in [4.69, 9.17) is 0 Å². The molecular formula is C19H25BrO. The summed E-state index contributed by atoms with van der Waals surface area (Å²) in [6, 6.07) is 8.36. The third kappa shape index (κ3) is 2.39. The van der Waals surface area contributed by atoms with E-state index in [1.807, 2.05) is 6.07 Å². The van der Waals surface area contributed by atoms with Gasteiger partial charge in [0.1, 0.15) is 0 Å². The Morgan fingerprint density at radius 3 is 2.48 bits per heavy atom. The SMILES string of the molecule is CC12CC3CC(C1)CC(C(O)Cc1ccccc1Br)(C3)C2. The molecular weight excluding hydrogens is 324 g/mol. The number of hydrogen-bond donors (Lipinski definition) is 1. The lowest BCUT2D eigenvalue weighted by Crippen LogP contribution is -2.55. The molecule has 0 aromatic heterocycles. The van der Waals surface area contributed by atoms with Gasteiger partial charge in [0, 0.05) is 4.47 Å². The van der Waals surface area contributed by atoms with Crippen LogP contribution in [0.1, 0.15) is 51.0 Å². The average Bonchev–Trinajstić information content (AvgIpc) is 2.38. The van der Waals surface area contributed by atoms with Crippen LogP contribution in [0.25, 0.3) is 0 Å². The van der Waals surface area contributed by atoms with Gasteiger partial charge in [-0.25, -0.2) is 0 Å². The normalized spacial score (nSPS) is 42.2. The van der Waals surface area contributed by atoms with E-state index in [9.17, 15) is 5.11 Å². The largest absolute Gasteiger partial charge is 0.392 e. The van der Waals surface area contributed by atoms with E-state index in [0.717, 1.165) is 22.7 Å². The monoisotopic (exact) mass is 348 g/mol. The van der Waals surface area contributed by atoms with Crippen LogP contribution in [-0.2, 0) is 6.42 Å². The third-order valence-corrected chi connectivity index (χ3v) is 7.25. The molecule has 4 saturated carbocycles. The molecule has 3 atom stereocenters. The van der Waals surface area contributed by atoms with E-state index in [1.165, 1.54) is 44.1 Å². The number of hydrogen-bond acceptors (Lipinski definition) is 1.